The lowest BCUT2D eigenvalue weighted by Gasteiger charge is -2.12. The highest BCUT2D eigenvalue weighted by Gasteiger charge is 2.17. The second-order valence-corrected chi connectivity index (χ2v) is 10.2. The average Bonchev–Trinajstić information content (AvgIpc) is 3.11. The van der Waals surface area contributed by atoms with Crippen LogP contribution in [-0.4, -0.2) is 57.4 Å². The van der Waals surface area contributed by atoms with Crippen LogP contribution in [0.25, 0.3) is 0 Å². The molecule has 0 bridgehead atoms. The average molecular weight is 661 g/mol. The SMILES string of the molecule is C=CC(=O)OCCCCCCOc1ccc(OC(=O)c2ccc(OC(=O)c3ccc(OCCCCOC(=O)C=C)cc3)c(OC)c2)cc1. The zero-order chi connectivity index (χ0) is 34.6. The zero-order valence-electron chi connectivity index (χ0n) is 27.0. The van der Waals surface area contributed by atoms with E-state index in [4.69, 9.17) is 33.2 Å². The standard InChI is InChI=1S/C37H40O11/c1-4-34(38)45-24-9-7-6-8-22-43-30-17-19-31(20-18-30)47-37(41)28-14-21-32(33(26-28)42-3)48-36(40)27-12-15-29(16-13-27)44-23-10-11-25-46-35(39)5-2/h4-5,12-21,26H,1-2,6-11,22-25H2,3H3. The Labute approximate surface area is 280 Å². The predicted molar refractivity (Wildman–Crippen MR) is 177 cm³/mol. The monoisotopic (exact) mass is 660 g/mol. The summed E-state index contributed by atoms with van der Waals surface area (Å²) in [6, 6.07) is 17.5. The van der Waals surface area contributed by atoms with Gasteiger partial charge in [-0.2, -0.15) is 0 Å². The van der Waals surface area contributed by atoms with Gasteiger partial charge in [0.05, 0.1) is 44.7 Å². The lowest BCUT2D eigenvalue weighted by atomic mass is 10.2. The molecule has 0 spiro atoms. The van der Waals surface area contributed by atoms with Crippen LogP contribution in [0.5, 0.6) is 28.7 Å². The molecule has 0 N–H and O–H groups in total. The molecule has 0 saturated carbocycles. The molecular formula is C37H40O11. The molecule has 0 fully saturated rings. The molecule has 3 aromatic carbocycles. The summed E-state index contributed by atoms with van der Waals surface area (Å²) in [6.45, 7) is 8.32. The van der Waals surface area contributed by atoms with E-state index < -0.39 is 23.9 Å². The van der Waals surface area contributed by atoms with Crippen LogP contribution in [-0.2, 0) is 19.1 Å². The number of rotatable bonds is 21. The van der Waals surface area contributed by atoms with Gasteiger partial charge >= 0.3 is 23.9 Å². The van der Waals surface area contributed by atoms with Crippen molar-refractivity contribution in [3.63, 3.8) is 0 Å². The van der Waals surface area contributed by atoms with Gasteiger partial charge in [-0.1, -0.05) is 13.2 Å². The summed E-state index contributed by atoms with van der Waals surface area (Å²) < 4.78 is 37.6. The van der Waals surface area contributed by atoms with Crippen molar-refractivity contribution in [1.82, 2.24) is 0 Å². The highest BCUT2D eigenvalue weighted by Crippen LogP contribution is 2.30. The Morgan fingerprint density at radius 2 is 1.00 bits per heavy atom. The van der Waals surface area contributed by atoms with Crippen molar-refractivity contribution in [2.24, 2.45) is 0 Å². The van der Waals surface area contributed by atoms with E-state index in [0.29, 0.717) is 55.5 Å². The molecule has 0 amide bonds. The molecule has 3 aromatic rings. The lowest BCUT2D eigenvalue weighted by Crippen LogP contribution is -2.11. The van der Waals surface area contributed by atoms with E-state index in [1.165, 1.54) is 25.3 Å². The molecule has 0 aromatic heterocycles. The van der Waals surface area contributed by atoms with Gasteiger partial charge in [0, 0.05) is 12.2 Å². The quantitative estimate of drug-likeness (QED) is 0.0524. The molecule has 0 saturated heterocycles. The summed E-state index contributed by atoms with van der Waals surface area (Å²) in [5, 5.41) is 0. The van der Waals surface area contributed by atoms with E-state index in [-0.39, 0.29) is 23.7 Å². The number of carbonyl (C=O) groups excluding carboxylic acids is 4. The number of hydrogen-bond acceptors (Lipinski definition) is 11. The van der Waals surface area contributed by atoms with Crippen LogP contribution in [0.15, 0.2) is 92.0 Å². The Balaban J connectivity index is 1.42. The van der Waals surface area contributed by atoms with Crippen molar-refractivity contribution >= 4 is 23.9 Å². The summed E-state index contributed by atoms with van der Waals surface area (Å²) >= 11 is 0. The Bertz CT molecular complexity index is 1510. The Kier molecular flexibility index (Phi) is 15.8. The van der Waals surface area contributed by atoms with E-state index >= 15 is 0 Å². The molecule has 0 radical (unpaired) electrons. The smallest absolute Gasteiger partial charge is 0.343 e. The number of benzene rings is 3. The van der Waals surface area contributed by atoms with Gasteiger partial charge in [-0.3, -0.25) is 0 Å². The summed E-state index contributed by atoms with van der Waals surface area (Å²) in [5.41, 5.74) is 0.493. The fourth-order valence-electron chi connectivity index (χ4n) is 4.10. The number of carbonyl (C=O) groups is 4. The third-order valence-corrected chi connectivity index (χ3v) is 6.66. The van der Waals surface area contributed by atoms with E-state index in [9.17, 15) is 19.2 Å². The number of ether oxygens (including phenoxy) is 7. The first-order valence-corrected chi connectivity index (χ1v) is 15.5. The molecule has 0 aliphatic rings. The third kappa shape index (κ3) is 13.0. The van der Waals surface area contributed by atoms with Gasteiger partial charge in [-0.05, 0) is 105 Å². The highest BCUT2D eigenvalue weighted by atomic mass is 16.6. The highest BCUT2D eigenvalue weighted by molar-refractivity contribution is 5.93. The maximum Gasteiger partial charge on any atom is 0.343 e. The third-order valence-electron chi connectivity index (χ3n) is 6.66. The fraction of sp³-hybridized carbons (Fsp3) is 0.297. The summed E-state index contributed by atoms with van der Waals surface area (Å²) in [5.74, 6) is -0.241. The van der Waals surface area contributed by atoms with Gasteiger partial charge in [-0.15, -0.1) is 0 Å². The largest absolute Gasteiger partial charge is 0.494 e. The second-order valence-electron chi connectivity index (χ2n) is 10.2. The van der Waals surface area contributed by atoms with Crippen LogP contribution in [0.1, 0.15) is 59.2 Å². The molecule has 11 nitrogen and oxygen atoms in total. The molecule has 48 heavy (non-hydrogen) atoms. The molecule has 11 heteroatoms. The van der Waals surface area contributed by atoms with Gasteiger partial charge in [0.1, 0.15) is 17.2 Å². The molecule has 0 aliphatic heterocycles. The molecule has 254 valence electrons. The van der Waals surface area contributed by atoms with Crippen molar-refractivity contribution in [3.05, 3.63) is 103 Å². The molecule has 0 atom stereocenters. The zero-order valence-corrected chi connectivity index (χ0v) is 27.0. The second kappa shape index (κ2) is 20.5. The molecule has 0 heterocycles. The van der Waals surface area contributed by atoms with Gasteiger partial charge in [0.15, 0.2) is 11.5 Å². The van der Waals surface area contributed by atoms with Crippen LogP contribution in [0, 0.1) is 0 Å². The Morgan fingerprint density at radius 1 is 0.542 bits per heavy atom. The number of esters is 4. The van der Waals surface area contributed by atoms with Gasteiger partial charge in [-0.25, -0.2) is 19.2 Å². The maximum atomic E-state index is 12.8. The lowest BCUT2D eigenvalue weighted by molar-refractivity contribution is -0.138. The summed E-state index contributed by atoms with van der Waals surface area (Å²) in [6.07, 6.45) is 7.08. The van der Waals surface area contributed by atoms with Crippen molar-refractivity contribution in [3.8, 4) is 28.7 Å². The molecule has 3 rings (SSSR count). The van der Waals surface area contributed by atoms with Crippen LogP contribution in [0.3, 0.4) is 0 Å². The minimum atomic E-state index is -0.619. The van der Waals surface area contributed by atoms with E-state index in [0.717, 1.165) is 37.8 Å². The van der Waals surface area contributed by atoms with Gasteiger partial charge in [0.2, 0.25) is 0 Å². The fourth-order valence-corrected chi connectivity index (χ4v) is 4.10. The van der Waals surface area contributed by atoms with E-state index in [1.54, 1.807) is 48.5 Å². The predicted octanol–water partition coefficient (Wildman–Crippen LogP) is 6.69. The first kappa shape index (κ1) is 36.9. The van der Waals surface area contributed by atoms with Crippen molar-refractivity contribution in [2.75, 3.05) is 33.5 Å². The van der Waals surface area contributed by atoms with Crippen molar-refractivity contribution in [2.45, 2.75) is 38.5 Å². The van der Waals surface area contributed by atoms with E-state index in [2.05, 4.69) is 13.2 Å². The van der Waals surface area contributed by atoms with Crippen LogP contribution in [0.2, 0.25) is 0 Å². The maximum absolute atomic E-state index is 12.8. The topological polar surface area (TPSA) is 133 Å². The minimum Gasteiger partial charge on any atom is -0.494 e. The van der Waals surface area contributed by atoms with Crippen LogP contribution >= 0.6 is 0 Å². The first-order valence-electron chi connectivity index (χ1n) is 15.5. The van der Waals surface area contributed by atoms with Crippen molar-refractivity contribution < 1.29 is 52.3 Å². The Morgan fingerprint density at radius 3 is 1.56 bits per heavy atom. The number of hydrogen-bond donors (Lipinski definition) is 0. The van der Waals surface area contributed by atoms with Crippen LogP contribution < -0.4 is 23.7 Å². The minimum absolute atomic E-state index is 0.133. The van der Waals surface area contributed by atoms with Crippen LogP contribution in [0.4, 0.5) is 0 Å². The molecule has 0 unspecified atom stereocenters. The Hall–Kier alpha value is -5.58. The number of unbranched alkanes of at least 4 members (excludes halogenated alkanes) is 4. The molecule has 0 aliphatic carbocycles. The number of methoxy groups -OCH3 is 1. The molecular weight excluding hydrogens is 620 g/mol. The summed E-state index contributed by atoms with van der Waals surface area (Å²) in [7, 11) is 1.40. The normalized spacial score (nSPS) is 10.3. The van der Waals surface area contributed by atoms with Crippen molar-refractivity contribution in [1.29, 1.82) is 0 Å². The summed E-state index contributed by atoms with van der Waals surface area (Å²) in [4.78, 5) is 47.6. The van der Waals surface area contributed by atoms with Gasteiger partial charge < -0.3 is 33.2 Å². The first-order chi connectivity index (χ1) is 23.3. The van der Waals surface area contributed by atoms with E-state index in [1.807, 2.05) is 0 Å². The van der Waals surface area contributed by atoms with Gasteiger partial charge in [0.25, 0.3) is 0 Å².